The normalized spacial score (nSPS) is 15.0. The molecule has 1 aliphatic heterocycles. The summed E-state index contributed by atoms with van der Waals surface area (Å²) in [6.45, 7) is 0.382. The van der Waals surface area contributed by atoms with Gasteiger partial charge in [0.25, 0.3) is 0 Å². The third-order valence-electron chi connectivity index (χ3n) is 1.94. The Morgan fingerprint density at radius 2 is 2.23 bits per heavy atom. The van der Waals surface area contributed by atoms with Gasteiger partial charge in [-0.15, -0.1) is 0 Å². The van der Waals surface area contributed by atoms with Crippen molar-refractivity contribution in [3.05, 3.63) is 22.7 Å². The number of Topliss-reactive ketones (excluding diaryl/α,β-unsaturated/α-hetero) is 1. The predicted molar refractivity (Wildman–Crippen MR) is 47.6 cm³/mol. The van der Waals surface area contributed by atoms with Crippen LogP contribution in [0.25, 0.3) is 0 Å². The van der Waals surface area contributed by atoms with Gasteiger partial charge in [0.15, 0.2) is 5.78 Å². The topological polar surface area (TPSA) is 46.5 Å². The first-order valence-electron chi connectivity index (χ1n) is 3.87. The number of phenols is 1. The molecule has 0 spiro atoms. The van der Waals surface area contributed by atoms with Gasteiger partial charge in [-0.1, -0.05) is 11.6 Å². The smallest absolute Gasteiger partial charge is 0.170 e. The highest BCUT2D eigenvalue weighted by Gasteiger charge is 2.20. The molecular formula is C9H7ClO3. The molecule has 0 saturated heterocycles. The Kier molecular flexibility index (Phi) is 1.88. The number of hydrogen-bond donors (Lipinski definition) is 1. The second kappa shape index (κ2) is 2.92. The van der Waals surface area contributed by atoms with Crippen LogP contribution in [0.5, 0.6) is 11.5 Å². The zero-order valence-electron chi connectivity index (χ0n) is 6.71. The summed E-state index contributed by atoms with van der Waals surface area (Å²) in [7, 11) is 0. The number of ketones is 1. The molecule has 13 heavy (non-hydrogen) atoms. The lowest BCUT2D eigenvalue weighted by atomic mass is 10.0. The van der Waals surface area contributed by atoms with E-state index < -0.39 is 0 Å². The number of fused-ring (bicyclic) bond motifs is 1. The molecule has 1 heterocycles. The van der Waals surface area contributed by atoms with E-state index in [1.165, 1.54) is 12.1 Å². The van der Waals surface area contributed by atoms with E-state index in [9.17, 15) is 9.90 Å². The number of aromatic hydroxyl groups is 1. The molecule has 3 nitrogen and oxygen atoms in total. The van der Waals surface area contributed by atoms with Crippen molar-refractivity contribution < 1.29 is 14.6 Å². The van der Waals surface area contributed by atoms with Gasteiger partial charge in [-0.25, -0.2) is 0 Å². The number of benzene rings is 1. The van der Waals surface area contributed by atoms with E-state index in [1.807, 2.05) is 0 Å². The van der Waals surface area contributed by atoms with Crippen molar-refractivity contribution in [1.82, 2.24) is 0 Å². The first-order chi connectivity index (χ1) is 6.18. The van der Waals surface area contributed by atoms with Crippen molar-refractivity contribution in [3.8, 4) is 11.5 Å². The predicted octanol–water partition coefficient (Wildman–Crippen LogP) is 2.01. The fourth-order valence-corrected chi connectivity index (χ4v) is 1.42. The van der Waals surface area contributed by atoms with Gasteiger partial charge >= 0.3 is 0 Å². The van der Waals surface area contributed by atoms with Crippen LogP contribution in [0, 0.1) is 0 Å². The molecule has 0 aliphatic carbocycles. The Hall–Kier alpha value is -1.22. The molecule has 0 radical (unpaired) electrons. The van der Waals surface area contributed by atoms with Crippen molar-refractivity contribution in [2.24, 2.45) is 0 Å². The molecule has 1 N–H and O–H groups in total. The molecular weight excluding hydrogens is 192 g/mol. The van der Waals surface area contributed by atoms with Crippen LogP contribution in [0.3, 0.4) is 0 Å². The summed E-state index contributed by atoms with van der Waals surface area (Å²) >= 11 is 5.65. The number of carbonyl (C=O) groups is 1. The number of halogens is 1. The van der Waals surface area contributed by atoms with E-state index in [0.29, 0.717) is 24.3 Å². The van der Waals surface area contributed by atoms with Gasteiger partial charge in [0, 0.05) is 12.5 Å². The van der Waals surface area contributed by atoms with Crippen molar-refractivity contribution in [3.63, 3.8) is 0 Å². The van der Waals surface area contributed by atoms with Gasteiger partial charge in [-0.2, -0.15) is 0 Å². The quantitative estimate of drug-likeness (QED) is 0.694. The van der Waals surface area contributed by atoms with Crippen LogP contribution in [-0.2, 0) is 0 Å². The minimum Gasteiger partial charge on any atom is -0.506 e. The summed E-state index contributed by atoms with van der Waals surface area (Å²) in [5, 5.41) is 9.46. The summed E-state index contributed by atoms with van der Waals surface area (Å²) < 4.78 is 5.21. The standard InChI is InChI=1S/C9H7ClO3/c10-6-4-9-5(3-8(6)12)7(11)1-2-13-9/h3-4,12H,1-2H2. The molecule has 0 bridgehead atoms. The highest BCUT2D eigenvalue weighted by molar-refractivity contribution is 6.32. The van der Waals surface area contributed by atoms with Crippen LogP contribution < -0.4 is 4.74 Å². The molecule has 0 saturated carbocycles. The summed E-state index contributed by atoms with van der Waals surface area (Å²) in [6.07, 6.45) is 0.355. The minimum absolute atomic E-state index is 0.0202. The molecule has 2 rings (SSSR count). The SMILES string of the molecule is O=C1CCOc2cc(Cl)c(O)cc21. The molecule has 4 heteroatoms. The molecule has 0 unspecified atom stereocenters. The largest absolute Gasteiger partial charge is 0.506 e. The van der Waals surface area contributed by atoms with Gasteiger partial charge in [-0.3, -0.25) is 4.79 Å². The fourth-order valence-electron chi connectivity index (χ4n) is 1.27. The van der Waals surface area contributed by atoms with Crippen molar-refractivity contribution in [1.29, 1.82) is 0 Å². The van der Waals surface area contributed by atoms with E-state index in [4.69, 9.17) is 16.3 Å². The Morgan fingerprint density at radius 3 is 3.00 bits per heavy atom. The van der Waals surface area contributed by atoms with Gasteiger partial charge in [-0.05, 0) is 6.07 Å². The number of ether oxygens (including phenoxy) is 1. The van der Waals surface area contributed by atoms with E-state index in [2.05, 4.69) is 0 Å². The molecule has 1 aliphatic rings. The number of hydrogen-bond acceptors (Lipinski definition) is 3. The lowest BCUT2D eigenvalue weighted by Crippen LogP contribution is -2.14. The zero-order chi connectivity index (χ0) is 9.42. The lowest BCUT2D eigenvalue weighted by molar-refractivity contribution is 0.0933. The van der Waals surface area contributed by atoms with Gasteiger partial charge in [0.05, 0.1) is 17.2 Å². The summed E-state index contributed by atoms with van der Waals surface area (Å²) in [4.78, 5) is 11.3. The third kappa shape index (κ3) is 1.35. The Balaban J connectivity index is 2.58. The van der Waals surface area contributed by atoms with Crippen molar-refractivity contribution in [2.75, 3.05) is 6.61 Å². The maximum atomic E-state index is 11.3. The van der Waals surface area contributed by atoms with E-state index in [-0.39, 0.29) is 16.6 Å². The zero-order valence-corrected chi connectivity index (χ0v) is 7.47. The van der Waals surface area contributed by atoms with E-state index >= 15 is 0 Å². The van der Waals surface area contributed by atoms with Crippen LogP contribution in [0.1, 0.15) is 16.8 Å². The highest BCUT2D eigenvalue weighted by atomic mass is 35.5. The molecule has 0 fully saturated rings. The average Bonchev–Trinajstić information content (AvgIpc) is 2.09. The van der Waals surface area contributed by atoms with Crippen LogP contribution in [0.2, 0.25) is 5.02 Å². The van der Waals surface area contributed by atoms with Gasteiger partial charge < -0.3 is 9.84 Å². The number of phenolic OH excluding ortho intramolecular Hbond substituents is 1. The Bertz CT molecular complexity index is 373. The second-order valence-corrected chi connectivity index (χ2v) is 3.23. The monoisotopic (exact) mass is 198 g/mol. The molecule has 1 aromatic rings. The molecule has 0 amide bonds. The van der Waals surface area contributed by atoms with Crippen LogP contribution in [0.15, 0.2) is 12.1 Å². The molecule has 1 aromatic carbocycles. The second-order valence-electron chi connectivity index (χ2n) is 2.82. The maximum Gasteiger partial charge on any atom is 0.170 e. The lowest BCUT2D eigenvalue weighted by Gasteiger charge is -2.16. The van der Waals surface area contributed by atoms with E-state index in [1.54, 1.807) is 0 Å². The number of rotatable bonds is 0. The van der Waals surface area contributed by atoms with Crippen molar-refractivity contribution >= 4 is 17.4 Å². The van der Waals surface area contributed by atoms with Gasteiger partial charge in [0.2, 0.25) is 0 Å². The van der Waals surface area contributed by atoms with Crippen LogP contribution in [-0.4, -0.2) is 17.5 Å². The number of carbonyl (C=O) groups excluding carboxylic acids is 1. The minimum atomic E-state index is -0.0840. The summed E-state index contributed by atoms with van der Waals surface area (Å²) in [5.74, 6) is 0.353. The molecule has 0 aromatic heterocycles. The molecule has 0 atom stereocenters. The van der Waals surface area contributed by atoms with Crippen molar-refractivity contribution in [2.45, 2.75) is 6.42 Å². The molecule has 68 valence electrons. The maximum absolute atomic E-state index is 11.3. The Labute approximate surface area is 79.9 Å². The first kappa shape index (κ1) is 8.38. The fraction of sp³-hybridized carbons (Fsp3) is 0.222. The third-order valence-corrected chi connectivity index (χ3v) is 2.24. The van der Waals surface area contributed by atoms with Crippen LogP contribution >= 0.6 is 11.6 Å². The highest BCUT2D eigenvalue weighted by Crippen LogP contribution is 2.34. The average molecular weight is 199 g/mol. The summed E-state index contributed by atoms with van der Waals surface area (Å²) in [5.41, 5.74) is 0.410. The van der Waals surface area contributed by atoms with Gasteiger partial charge in [0.1, 0.15) is 11.5 Å². The van der Waals surface area contributed by atoms with Crippen LogP contribution in [0.4, 0.5) is 0 Å². The van der Waals surface area contributed by atoms with E-state index in [0.717, 1.165) is 0 Å². The first-order valence-corrected chi connectivity index (χ1v) is 4.25. The Morgan fingerprint density at radius 1 is 1.46 bits per heavy atom. The summed E-state index contributed by atoms with van der Waals surface area (Å²) in [6, 6.07) is 2.81.